The van der Waals surface area contributed by atoms with Crippen molar-refractivity contribution in [2.75, 3.05) is 13.7 Å². The number of hydrogen-bond acceptors (Lipinski definition) is 15. The Hall–Kier alpha value is -4.65. The molecule has 0 saturated carbocycles. The van der Waals surface area contributed by atoms with Gasteiger partial charge in [-0.15, -0.1) is 0 Å². The molecule has 43 heavy (non-hydrogen) atoms. The summed E-state index contributed by atoms with van der Waals surface area (Å²) in [5, 5.41) is 23.7. The number of rotatable bonds is 10. The van der Waals surface area contributed by atoms with E-state index in [4.69, 9.17) is 28.4 Å². The van der Waals surface area contributed by atoms with Gasteiger partial charge in [0.1, 0.15) is 18.9 Å². The normalized spacial score (nSPS) is 22.2. The molecule has 1 aromatic carbocycles. The lowest BCUT2D eigenvalue weighted by Gasteiger charge is -2.44. The lowest BCUT2D eigenvalue weighted by atomic mass is 9.97. The molecule has 2 aromatic rings. The molecule has 1 saturated heterocycles. The highest BCUT2D eigenvalue weighted by atomic mass is 16.8. The third kappa shape index (κ3) is 8.01. The fourth-order valence-corrected chi connectivity index (χ4v) is 4.37. The van der Waals surface area contributed by atoms with Crippen molar-refractivity contribution in [3.8, 4) is 5.75 Å². The fourth-order valence-electron chi connectivity index (χ4n) is 4.37. The predicted molar refractivity (Wildman–Crippen MR) is 138 cm³/mol. The average molecular weight is 611 g/mol. The third-order valence-corrected chi connectivity index (χ3v) is 6.03. The van der Waals surface area contributed by atoms with Crippen molar-refractivity contribution >= 4 is 29.6 Å². The largest absolute Gasteiger partial charge is 0.595 e. The van der Waals surface area contributed by atoms with E-state index in [1.807, 2.05) is 0 Å². The van der Waals surface area contributed by atoms with Crippen LogP contribution in [0.4, 0.5) is 5.69 Å². The van der Waals surface area contributed by atoms with Crippen LogP contribution in [0.3, 0.4) is 0 Å². The van der Waals surface area contributed by atoms with E-state index in [1.54, 1.807) is 0 Å². The summed E-state index contributed by atoms with van der Waals surface area (Å²) in [5.41, 5.74) is -1.96. The van der Waals surface area contributed by atoms with Crippen LogP contribution < -0.4 is 21.2 Å². The van der Waals surface area contributed by atoms with Crippen molar-refractivity contribution < 1.29 is 58.0 Å². The molecule has 0 spiro atoms. The van der Waals surface area contributed by atoms with Crippen LogP contribution in [0.25, 0.3) is 0 Å². The first kappa shape index (κ1) is 32.9. The Morgan fingerprint density at radius 3 is 2.14 bits per heavy atom. The molecule has 0 bridgehead atoms. The highest BCUT2D eigenvalue weighted by Gasteiger charge is 2.53. The number of nitrogens with zero attached hydrogens (tertiary/aromatic N) is 3. The number of ether oxygens (including phenoxy) is 6. The first-order valence-corrected chi connectivity index (χ1v) is 12.6. The SMILES string of the molecule is COc1ccc(Cn2c(=O)cnn(C3O[C@H](COC(C)=O)[C@@H](OC(C)=O)[C@H](OC(C)=O)[C@H]3OC(C)=O)c2=O)cc1[NH+]([O-])O. The molecule has 2 N–H and O–H groups in total. The molecule has 1 aliphatic heterocycles. The van der Waals surface area contributed by atoms with Crippen molar-refractivity contribution in [2.45, 2.75) is 64.9 Å². The van der Waals surface area contributed by atoms with Gasteiger partial charge in [-0.2, -0.15) is 15.0 Å². The third-order valence-electron chi connectivity index (χ3n) is 6.03. The van der Waals surface area contributed by atoms with Crippen molar-refractivity contribution in [3.05, 3.63) is 56.0 Å². The van der Waals surface area contributed by atoms with Gasteiger partial charge in [-0.25, -0.2) is 10.0 Å². The van der Waals surface area contributed by atoms with E-state index in [-0.39, 0.29) is 17.0 Å². The summed E-state index contributed by atoms with van der Waals surface area (Å²) in [6, 6.07) is 4.01. The molecule has 0 aliphatic carbocycles. The molecular weight excluding hydrogens is 580 g/mol. The standard InChI is InChI=1S/C25H30N4O14/c1-12(30)39-11-19-21(40-13(2)31)22(41-14(3)32)23(42-15(4)33)24(43-19)28-25(35)27(20(34)9-26-28)10-16-6-7-18(38-5)17(8-16)29(36)37/h6-9,19,21-24,29,36H,10-11H2,1-5H3/t19-,21-,22+,23-,24?/m1/s1. The van der Waals surface area contributed by atoms with Gasteiger partial charge in [0.2, 0.25) is 5.69 Å². The lowest BCUT2D eigenvalue weighted by molar-refractivity contribution is -0.991. The van der Waals surface area contributed by atoms with Crippen LogP contribution >= 0.6 is 0 Å². The number of carbonyl (C=O) groups excluding carboxylic acids is 4. The minimum Gasteiger partial charge on any atom is -0.595 e. The molecule has 18 nitrogen and oxygen atoms in total. The van der Waals surface area contributed by atoms with E-state index in [0.717, 1.165) is 33.9 Å². The van der Waals surface area contributed by atoms with E-state index < -0.39 is 84.1 Å². The number of aromatic nitrogens is 3. The maximum absolute atomic E-state index is 13.7. The second kappa shape index (κ2) is 14.0. The van der Waals surface area contributed by atoms with Gasteiger partial charge in [-0.05, 0) is 11.6 Å². The van der Waals surface area contributed by atoms with Crippen molar-refractivity contribution in [2.24, 2.45) is 0 Å². The molecule has 18 heteroatoms. The molecule has 3 rings (SSSR count). The van der Waals surface area contributed by atoms with E-state index >= 15 is 0 Å². The summed E-state index contributed by atoms with van der Waals surface area (Å²) in [7, 11) is 1.28. The Morgan fingerprint density at radius 2 is 1.58 bits per heavy atom. The van der Waals surface area contributed by atoms with Crippen LogP contribution in [0.5, 0.6) is 5.75 Å². The summed E-state index contributed by atoms with van der Waals surface area (Å²) in [5.74, 6) is -3.32. The van der Waals surface area contributed by atoms with Crippen molar-refractivity contribution in [1.29, 1.82) is 0 Å². The van der Waals surface area contributed by atoms with Gasteiger partial charge in [0.25, 0.3) is 5.56 Å². The molecule has 2 unspecified atom stereocenters. The molecule has 6 atom stereocenters. The first-order chi connectivity index (χ1) is 20.2. The second-order valence-electron chi connectivity index (χ2n) is 9.23. The number of benzene rings is 1. The zero-order chi connectivity index (χ0) is 32.0. The summed E-state index contributed by atoms with van der Waals surface area (Å²) >= 11 is 0. The van der Waals surface area contributed by atoms with Crippen molar-refractivity contribution in [1.82, 2.24) is 14.3 Å². The van der Waals surface area contributed by atoms with Gasteiger partial charge in [-0.3, -0.25) is 28.5 Å². The molecular formula is C25H30N4O14. The minimum atomic E-state index is -1.70. The zero-order valence-electron chi connectivity index (χ0n) is 23.7. The van der Waals surface area contributed by atoms with Gasteiger partial charge >= 0.3 is 29.6 Å². The van der Waals surface area contributed by atoms with E-state index in [1.165, 1.54) is 25.3 Å². The quantitative estimate of drug-likeness (QED) is 0.170. The van der Waals surface area contributed by atoms with Crippen LogP contribution in [0.1, 0.15) is 39.5 Å². The topological polar surface area (TPSA) is 228 Å². The molecule has 0 amide bonds. The molecule has 1 aliphatic rings. The number of hydrogen-bond donors (Lipinski definition) is 2. The highest BCUT2D eigenvalue weighted by Crippen LogP contribution is 2.33. The number of carbonyl (C=O) groups is 4. The van der Waals surface area contributed by atoms with Crippen LogP contribution in [-0.2, 0) is 49.4 Å². The van der Waals surface area contributed by atoms with E-state index in [2.05, 4.69) is 5.10 Å². The molecule has 1 fully saturated rings. The summed E-state index contributed by atoms with van der Waals surface area (Å²) in [4.78, 5) is 74.1. The Balaban J connectivity index is 2.15. The second-order valence-corrected chi connectivity index (χ2v) is 9.23. The molecule has 1 aromatic heterocycles. The maximum Gasteiger partial charge on any atom is 0.350 e. The molecule has 0 radical (unpaired) electrons. The van der Waals surface area contributed by atoms with Crippen LogP contribution in [0.2, 0.25) is 0 Å². The zero-order valence-corrected chi connectivity index (χ0v) is 23.7. The van der Waals surface area contributed by atoms with Gasteiger partial charge in [0.15, 0.2) is 30.3 Å². The Labute approximate surface area is 242 Å². The van der Waals surface area contributed by atoms with Gasteiger partial charge in [0, 0.05) is 33.8 Å². The number of esters is 4. The summed E-state index contributed by atoms with van der Waals surface area (Å²) in [6.45, 7) is 3.24. The summed E-state index contributed by atoms with van der Waals surface area (Å²) < 4.78 is 33.4. The Morgan fingerprint density at radius 1 is 0.977 bits per heavy atom. The maximum atomic E-state index is 13.7. The number of methoxy groups -OCH3 is 1. The Kier molecular flexibility index (Phi) is 10.7. The average Bonchev–Trinajstić information content (AvgIpc) is 2.91. The van der Waals surface area contributed by atoms with Gasteiger partial charge in [-0.1, -0.05) is 6.07 Å². The van der Waals surface area contributed by atoms with E-state index in [9.17, 15) is 39.2 Å². The van der Waals surface area contributed by atoms with Crippen LogP contribution in [0.15, 0.2) is 34.0 Å². The predicted octanol–water partition coefficient (Wildman–Crippen LogP) is -1.88. The molecule has 234 valence electrons. The Bertz CT molecular complexity index is 1490. The summed E-state index contributed by atoms with van der Waals surface area (Å²) in [6.07, 6.45) is -7.03. The van der Waals surface area contributed by atoms with Crippen molar-refractivity contribution in [3.63, 3.8) is 0 Å². The minimum absolute atomic E-state index is 0.0493. The monoisotopic (exact) mass is 610 g/mol. The first-order valence-electron chi connectivity index (χ1n) is 12.6. The lowest BCUT2D eigenvalue weighted by Crippen LogP contribution is -2.99. The van der Waals surface area contributed by atoms with Crippen LogP contribution in [-0.4, -0.2) is 81.6 Å². The van der Waals surface area contributed by atoms with E-state index in [0.29, 0.717) is 9.25 Å². The molecule has 2 heterocycles. The van der Waals surface area contributed by atoms with Crippen LogP contribution in [0, 0.1) is 5.21 Å². The highest BCUT2D eigenvalue weighted by molar-refractivity contribution is 5.68. The van der Waals surface area contributed by atoms with Gasteiger partial charge < -0.3 is 33.6 Å². The smallest absolute Gasteiger partial charge is 0.350 e. The number of quaternary nitrogens is 1. The number of nitrogens with one attached hydrogen (secondary N) is 1. The van der Waals surface area contributed by atoms with Gasteiger partial charge in [0.05, 0.1) is 13.7 Å². The fraction of sp³-hybridized carbons (Fsp3) is 0.480.